The molecule has 2 rings (SSSR count). The second-order valence-electron chi connectivity index (χ2n) is 4.63. The largest absolute Gasteiger partial charge is 0.281 e. The van der Waals surface area contributed by atoms with Crippen molar-refractivity contribution in [1.82, 2.24) is 10.2 Å². The van der Waals surface area contributed by atoms with Crippen molar-refractivity contribution >= 4 is 21.4 Å². The van der Waals surface area contributed by atoms with E-state index in [9.17, 15) is 18.5 Å². The maximum absolute atomic E-state index is 12.3. The number of nitro benzene ring substituents is 1. The van der Waals surface area contributed by atoms with Crippen LogP contribution in [0.1, 0.15) is 17.0 Å². The van der Waals surface area contributed by atoms with Gasteiger partial charge in [0, 0.05) is 17.3 Å². The first kappa shape index (κ1) is 15.0. The summed E-state index contributed by atoms with van der Waals surface area (Å²) in [5, 5.41) is 17.2. The molecule has 0 aliphatic heterocycles. The zero-order valence-corrected chi connectivity index (χ0v) is 12.5. The van der Waals surface area contributed by atoms with Crippen LogP contribution < -0.4 is 4.72 Å². The van der Waals surface area contributed by atoms with Gasteiger partial charge in [-0.25, -0.2) is 8.42 Å². The Hall–Kier alpha value is -2.42. The van der Waals surface area contributed by atoms with E-state index in [4.69, 9.17) is 0 Å². The van der Waals surface area contributed by atoms with Gasteiger partial charge in [-0.1, -0.05) is 0 Å². The summed E-state index contributed by atoms with van der Waals surface area (Å²) < 4.78 is 27.1. The smallest absolute Gasteiger partial charge is 0.272 e. The van der Waals surface area contributed by atoms with E-state index in [2.05, 4.69) is 14.9 Å². The molecule has 9 heteroatoms. The van der Waals surface area contributed by atoms with Crippen LogP contribution in [0.2, 0.25) is 0 Å². The van der Waals surface area contributed by atoms with Gasteiger partial charge in [-0.05, 0) is 32.9 Å². The number of aromatic amines is 1. The molecular weight excluding hydrogens is 296 g/mol. The minimum absolute atomic E-state index is 0.0615. The third-order valence-corrected chi connectivity index (χ3v) is 4.62. The summed E-state index contributed by atoms with van der Waals surface area (Å²) in [6.07, 6.45) is 0. The van der Waals surface area contributed by atoms with E-state index < -0.39 is 14.9 Å². The van der Waals surface area contributed by atoms with Crippen molar-refractivity contribution in [3.05, 3.63) is 45.3 Å². The topological polar surface area (TPSA) is 118 Å². The Kier molecular flexibility index (Phi) is 3.69. The lowest BCUT2D eigenvalue weighted by atomic mass is 10.2. The maximum atomic E-state index is 12.3. The lowest BCUT2D eigenvalue weighted by Gasteiger charge is -2.09. The molecule has 21 heavy (non-hydrogen) atoms. The highest BCUT2D eigenvalue weighted by Crippen LogP contribution is 2.25. The predicted octanol–water partition coefficient (Wildman–Crippen LogP) is 2.04. The van der Waals surface area contributed by atoms with Gasteiger partial charge in [0.15, 0.2) is 0 Å². The number of sulfonamides is 1. The summed E-state index contributed by atoms with van der Waals surface area (Å²) in [5.41, 5.74) is 1.37. The highest BCUT2D eigenvalue weighted by molar-refractivity contribution is 7.92. The molecule has 0 fully saturated rings. The number of anilines is 1. The van der Waals surface area contributed by atoms with Crippen LogP contribution in [0.4, 0.5) is 11.4 Å². The summed E-state index contributed by atoms with van der Waals surface area (Å²) in [7, 11) is -3.79. The molecule has 112 valence electrons. The van der Waals surface area contributed by atoms with Crippen LogP contribution in [0.25, 0.3) is 0 Å². The molecular formula is C12H14N4O4S. The van der Waals surface area contributed by atoms with Crippen LogP contribution in [0.5, 0.6) is 0 Å². The highest BCUT2D eigenvalue weighted by Gasteiger charge is 2.23. The van der Waals surface area contributed by atoms with E-state index >= 15 is 0 Å². The maximum Gasteiger partial charge on any atom is 0.272 e. The van der Waals surface area contributed by atoms with Crippen LogP contribution in [-0.4, -0.2) is 23.5 Å². The molecule has 2 aromatic rings. The Labute approximate surface area is 121 Å². The number of hydrogen-bond donors (Lipinski definition) is 2. The third-order valence-electron chi connectivity index (χ3n) is 2.97. The van der Waals surface area contributed by atoms with E-state index in [0.29, 0.717) is 17.0 Å². The number of hydrogen-bond acceptors (Lipinski definition) is 5. The van der Waals surface area contributed by atoms with Gasteiger partial charge in [0.25, 0.3) is 15.7 Å². The highest BCUT2D eigenvalue weighted by atomic mass is 32.2. The van der Waals surface area contributed by atoms with E-state index in [0.717, 1.165) is 0 Å². The number of aromatic nitrogens is 2. The van der Waals surface area contributed by atoms with Crippen molar-refractivity contribution in [1.29, 1.82) is 0 Å². The lowest BCUT2D eigenvalue weighted by Crippen LogP contribution is -2.14. The first-order valence-electron chi connectivity index (χ1n) is 6.02. The number of nitrogens with one attached hydrogen (secondary N) is 2. The number of aryl methyl sites for hydroxylation is 3. The number of nitro groups is 1. The summed E-state index contributed by atoms with van der Waals surface area (Å²) in [6, 6.07) is 4.04. The molecule has 1 aromatic heterocycles. The monoisotopic (exact) mass is 310 g/mol. The molecule has 0 bridgehead atoms. The molecule has 0 aliphatic carbocycles. The van der Waals surface area contributed by atoms with Crippen LogP contribution in [-0.2, 0) is 10.0 Å². The minimum Gasteiger partial charge on any atom is -0.281 e. The SMILES string of the molecule is Cc1cc(NS(=O)(=O)c2c(C)n[nH]c2C)ccc1[N+](=O)[O-]. The summed E-state index contributed by atoms with van der Waals surface area (Å²) >= 11 is 0. The van der Waals surface area contributed by atoms with E-state index in [-0.39, 0.29) is 16.3 Å². The fourth-order valence-corrected chi connectivity index (χ4v) is 3.49. The summed E-state index contributed by atoms with van der Waals surface area (Å²) in [4.78, 5) is 10.3. The van der Waals surface area contributed by atoms with Gasteiger partial charge in [0.2, 0.25) is 0 Å². The van der Waals surface area contributed by atoms with Crippen molar-refractivity contribution in [3.63, 3.8) is 0 Å². The molecule has 0 saturated heterocycles. The van der Waals surface area contributed by atoms with E-state index in [1.54, 1.807) is 20.8 Å². The van der Waals surface area contributed by atoms with Crippen LogP contribution in [0.15, 0.2) is 23.1 Å². The van der Waals surface area contributed by atoms with Gasteiger partial charge in [-0.3, -0.25) is 19.9 Å². The molecule has 0 atom stereocenters. The average Bonchev–Trinajstić information content (AvgIpc) is 2.68. The van der Waals surface area contributed by atoms with Gasteiger partial charge in [0.1, 0.15) is 4.90 Å². The zero-order valence-electron chi connectivity index (χ0n) is 11.7. The van der Waals surface area contributed by atoms with Gasteiger partial charge >= 0.3 is 0 Å². The van der Waals surface area contributed by atoms with E-state index in [1.165, 1.54) is 18.2 Å². The molecule has 8 nitrogen and oxygen atoms in total. The van der Waals surface area contributed by atoms with Crippen molar-refractivity contribution in [2.45, 2.75) is 25.7 Å². The fraction of sp³-hybridized carbons (Fsp3) is 0.250. The number of rotatable bonds is 4. The standard InChI is InChI=1S/C12H14N4O4S/c1-7-6-10(4-5-11(7)16(17)18)15-21(19,20)12-8(2)13-14-9(12)3/h4-6,15H,1-3H3,(H,13,14). The van der Waals surface area contributed by atoms with Crippen LogP contribution in [0, 0.1) is 30.9 Å². The Balaban J connectivity index is 2.38. The van der Waals surface area contributed by atoms with Crippen molar-refractivity contribution < 1.29 is 13.3 Å². The average molecular weight is 310 g/mol. The molecule has 0 radical (unpaired) electrons. The van der Waals surface area contributed by atoms with Crippen molar-refractivity contribution in [3.8, 4) is 0 Å². The number of benzene rings is 1. The molecule has 0 spiro atoms. The molecule has 2 N–H and O–H groups in total. The Morgan fingerprint density at radius 1 is 1.29 bits per heavy atom. The summed E-state index contributed by atoms with van der Waals surface area (Å²) in [6.45, 7) is 4.74. The predicted molar refractivity (Wildman–Crippen MR) is 76.7 cm³/mol. The Morgan fingerprint density at radius 2 is 1.95 bits per heavy atom. The lowest BCUT2D eigenvalue weighted by molar-refractivity contribution is -0.385. The second kappa shape index (κ2) is 5.17. The minimum atomic E-state index is -3.79. The molecule has 0 amide bonds. The third kappa shape index (κ3) is 2.87. The molecule has 0 aliphatic rings. The molecule has 1 heterocycles. The summed E-state index contributed by atoms with van der Waals surface area (Å²) in [5.74, 6) is 0. The Morgan fingerprint density at radius 3 is 2.43 bits per heavy atom. The molecule has 1 aromatic carbocycles. The van der Waals surface area contributed by atoms with Crippen LogP contribution in [0.3, 0.4) is 0 Å². The fourth-order valence-electron chi connectivity index (χ4n) is 2.07. The number of nitrogens with zero attached hydrogens (tertiary/aromatic N) is 2. The van der Waals surface area contributed by atoms with Gasteiger partial charge in [-0.15, -0.1) is 0 Å². The van der Waals surface area contributed by atoms with Crippen molar-refractivity contribution in [2.24, 2.45) is 0 Å². The normalized spacial score (nSPS) is 11.4. The van der Waals surface area contributed by atoms with Gasteiger partial charge in [-0.2, -0.15) is 5.10 Å². The van der Waals surface area contributed by atoms with Gasteiger partial charge in [0.05, 0.1) is 16.3 Å². The van der Waals surface area contributed by atoms with Gasteiger partial charge < -0.3 is 0 Å². The van der Waals surface area contributed by atoms with E-state index in [1.807, 2.05) is 0 Å². The zero-order chi connectivity index (χ0) is 15.8. The second-order valence-corrected chi connectivity index (χ2v) is 6.25. The van der Waals surface area contributed by atoms with Crippen molar-refractivity contribution in [2.75, 3.05) is 4.72 Å². The number of H-pyrrole nitrogens is 1. The Bertz CT molecular complexity index is 791. The quantitative estimate of drug-likeness (QED) is 0.661. The van der Waals surface area contributed by atoms with Crippen LogP contribution >= 0.6 is 0 Å². The molecule has 0 unspecified atom stereocenters. The molecule has 0 saturated carbocycles. The first-order chi connectivity index (χ1) is 9.72. The first-order valence-corrected chi connectivity index (χ1v) is 7.50.